The standard InChI is InChI=1S/C10H9N3O4S/c14-9-5-18-10(15)12(9)6-11-7-1-3-8(4-2-7)13(16)17/h1-4,11H,5-6H2. The lowest BCUT2D eigenvalue weighted by Gasteiger charge is -2.14. The minimum atomic E-state index is -0.492. The van der Waals surface area contributed by atoms with Crippen LogP contribution < -0.4 is 5.32 Å². The van der Waals surface area contributed by atoms with Gasteiger partial charge >= 0.3 is 0 Å². The first-order valence-electron chi connectivity index (χ1n) is 5.03. The number of rotatable bonds is 4. The topological polar surface area (TPSA) is 92.6 Å². The molecule has 0 unspecified atom stereocenters. The summed E-state index contributed by atoms with van der Waals surface area (Å²) in [6.07, 6.45) is 0. The molecule has 2 amide bonds. The summed E-state index contributed by atoms with van der Waals surface area (Å²) in [5.74, 6) is -0.0692. The fourth-order valence-electron chi connectivity index (χ4n) is 1.41. The first-order valence-corrected chi connectivity index (χ1v) is 6.02. The normalized spacial score (nSPS) is 15.0. The predicted molar refractivity (Wildman–Crippen MR) is 66.3 cm³/mol. The minimum Gasteiger partial charge on any atom is -0.367 e. The summed E-state index contributed by atoms with van der Waals surface area (Å²) >= 11 is 0.963. The second-order valence-electron chi connectivity index (χ2n) is 3.52. The molecule has 0 aromatic heterocycles. The van der Waals surface area contributed by atoms with E-state index in [0.29, 0.717) is 5.69 Å². The van der Waals surface area contributed by atoms with Crippen molar-refractivity contribution in [1.82, 2.24) is 4.90 Å². The van der Waals surface area contributed by atoms with Gasteiger partial charge in [0.15, 0.2) is 0 Å². The van der Waals surface area contributed by atoms with Crippen LogP contribution in [0.2, 0.25) is 0 Å². The molecule has 1 aromatic carbocycles. The summed E-state index contributed by atoms with van der Waals surface area (Å²) in [4.78, 5) is 33.7. The lowest BCUT2D eigenvalue weighted by atomic mass is 10.3. The van der Waals surface area contributed by atoms with Crippen molar-refractivity contribution in [3.8, 4) is 0 Å². The maximum Gasteiger partial charge on any atom is 0.290 e. The van der Waals surface area contributed by atoms with Crippen LogP contribution in [0.3, 0.4) is 0 Å². The van der Waals surface area contributed by atoms with E-state index >= 15 is 0 Å². The molecule has 18 heavy (non-hydrogen) atoms. The van der Waals surface area contributed by atoms with Crippen LogP contribution >= 0.6 is 11.8 Å². The molecule has 1 aliphatic heterocycles. The Hall–Kier alpha value is -2.09. The van der Waals surface area contributed by atoms with Crippen LogP contribution in [0.4, 0.5) is 16.2 Å². The Balaban J connectivity index is 1.96. The third-order valence-electron chi connectivity index (χ3n) is 2.36. The highest BCUT2D eigenvalue weighted by atomic mass is 32.2. The van der Waals surface area contributed by atoms with E-state index in [9.17, 15) is 19.7 Å². The zero-order chi connectivity index (χ0) is 13.1. The highest BCUT2D eigenvalue weighted by molar-refractivity contribution is 8.14. The number of anilines is 1. The van der Waals surface area contributed by atoms with Crippen LogP contribution in [0.25, 0.3) is 0 Å². The quantitative estimate of drug-likeness (QED) is 0.658. The van der Waals surface area contributed by atoms with Crippen molar-refractivity contribution in [1.29, 1.82) is 0 Å². The molecule has 0 saturated carbocycles. The summed E-state index contributed by atoms with van der Waals surface area (Å²) in [6.45, 7) is 0.0719. The molecule has 7 nitrogen and oxygen atoms in total. The van der Waals surface area contributed by atoms with E-state index in [2.05, 4.69) is 5.32 Å². The number of nitrogens with one attached hydrogen (secondary N) is 1. The van der Waals surface area contributed by atoms with Gasteiger partial charge in [-0.1, -0.05) is 11.8 Å². The number of carbonyl (C=O) groups is 2. The number of benzene rings is 1. The van der Waals surface area contributed by atoms with Crippen molar-refractivity contribution in [3.05, 3.63) is 34.4 Å². The molecule has 1 N–H and O–H groups in total. The summed E-state index contributed by atoms with van der Waals surface area (Å²) in [5, 5.41) is 13.0. The van der Waals surface area contributed by atoms with Crippen LogP contribution in [0.15, 0.2) is 24.3 Å². The third-order valence-corrected chi connectivity index (χ3v) is 3.22. The number of amides is 2. The molecule has 0 atom stereocenters. The van der Waals surface area contributed by atoms with E-state index in [1.807, 2.05) is 0 Å². The van der Waals surface area contributed by atoms with E-state index in [-0.39, 0.29) is 29.3 Å². The van der Waals surface area contributed by atoms with Gasteiger partial charge in [0.05, 0.1) is 17.3 Å². The predicted octanol–water partition coefficient (Wildman–Crippen LogP) is 1.66. The monoisotopic (exact) mass is 267 g/mol. The fourth-order valence-corrected chi connectivity index (χ4v) is 2.13. The minimum absolute atomic E-state index is 0.00979. The van der Waals surface area contributed by atoms with Crippen molar-refractivity contribution in [3.63, 3.8) is 0 Å². The highest BCUT2D eigenvalue weighted by Crippen LogP contribution is 2.19. The second kappa shape index (κ2) is 5.05. The average molecular weight is 267 g/mol. The van der Waals surface area contributed by atoms with Gasteiger partial charge in [-0.15, -0.1) is 0 Å². The average Bonchev–Trinajstić information content (AvgIpc) is 2.67. The molecule has 0 radical (unpaired) electrons. The Morgan fingerprint density at radius 3 is 2.50 bits per heavy atom. The molecule has 0 bridgehead atoms. The highest BCUT2D eigenvalue weighted by Gasteiger charge is 2.29. The van der Waals surface area contributed by atoms with Crippen molar-refractivity contribution < 1.29 is 14.5 Å². The van der Waals surface area contributed by atoms with Gasteiger partial charge < -0.3 is 5.32 Å². The van der Waals surface area contributed by atoms with Gasteiger partial charge in [-0.25, -0.2) is 0 Å². The molecule has 1 heterocycles. The Kier molecular flexibility index (Phi) is 3.47. The molecule has 0 spiro atoms. The van der Waals surface area contributed by atoms with Crippen molar-refractivity contribution >= 4 is 34.3 Å². The number of non-ortho nitro benzene ring substituents is 1. The van der Waals surface area contributed by atoms with Gasteiger partial charge in [0.2, 0.25) is 5.91 Å². The van der Waals surface area contributed by atoms with Crippen molar-refractivity contribution in [2.45, 2.75) is 0 Å². The van der Waals surface area contributed by atoms with Gasteiger partial charge in [-0.2, -0.15) is 0 Å². The number of thioether (sulfide) groups is 1. The van der Waals surface area contributed by atoms with Crippen molar-refractivity contribution in [2.75, 3.05) is 17.7 Å². The maximum absolute atomic E-state index is 11.3. The smallest absolute Gasteiger partial charge is 0.290 e. The molecule has 1 aromatic rings. The molecule has 1 fully saturated rings. The zero-order valence-corrected chi connectivity index (χ0v) is 9.98. The Morgan fingerprint density at radius 2 is 2.00 bits per heavy atom. The van der Waals surface area contributed by atoms with Gasteiger partial charge in [-0.05, 0) is 12.1 Å². The number of imide groups is 1. The van der Waals surface area contributed by atoms with Gasteiger partial charge in [0, 0.05) is 17.8 Å². The van der Waals surface area contributed by atoms with Crippen LogP contribution in [-0.2, 0) is 4.79 Å². The zero-order valence-electron chi connectivity index (χ0n) is 9.16. The molecule has 1 saturated heterocycles. The number of hydrogen-bond donors (Lipinski definition) is 1. The molecular formula is C10H9N3O4S. The van der Waals surface area contributed by atoms with Crippen LogP contribution in [-0.4, -0.2) is 33.4 Å². The van der Waals surface area contributed by atoms with E-state index in [4.69, 9.17) is 0 Å². The summed E-state index contributed by atoms with van der Waals surface area (Å²) < 4.78 is 0. The molecule has 1 aliphatic rings. The van der Waals surface area contributed by atoms with E-state index in [1.165, 1.54) is 24.3 Å². The molecule has 2 rings (SSSR count). The lowest BCUT2D eigenvalue weighted by Crippen LogP contribution is -2.33. The number of nitrogens with zero attached hydrogens (tertiary/aromatic N) is 2. The SMILES string of the molecule is O=C1CSC(=O)N1CNc1ccc([N+](=O)[O-])cc1. The molecule has 0 aliphatic carbocycles. The summed E-state index contributed by atoms with van der Waals surface area (Å²) in [7, 11) is 0. The van der Waals surface area contributed by atoms with Crippen LogP contribution in [0.1, 0.15) is 0 Å². The van der Waals surface area contributed by atoms with E-state index in [0.717, 1.165) is 16.7 Å². The first kappa shape index (κ1) is 12.4. The largest absolute Gasteiger partial charge is 0.367 e. The van der Waals surface area contributed by atoms with E-state index in [1.54, 1.807) is 0 Å². The Bertz CT molecular complexity index is 486. The number of nitro groups is 1. The van der Waals surface area contributed by atoms with Crippen LogP contribution in [0.5, 0.6) is 0 Å². The number of nitro benzene ring substituents is 1. The summed E-state index contributed by atoms with van der Waals surface area (Å²) in [6, 6.07) is 5.75. The fraction of sp³-hybridized carbons (Fsp3) is 0.200. The molecular weight excluding hydrogens is 258 g/mol. The second-order valence-corrected chi connectivity index (χ2v) is 4.44. The van der Waals surface area contributed by atoms with E-state index < -0.39 is 4.92 Å². The van der Waals surface area contributed by atoms with Crippen LogP contribution in [0, 0.1) is 10.1 Å². The summed E-state index contributed by atoms with van der Waals surface area (Å²) in [5.41, 5.74) is 0.600. The Labute approximate surface area is 106 Å². The van der Waals surface area contributed by atoms with Gasteiger partial charge in [0.25, 0.3) is 10.9 Å². The van der Waals surface area contributed by atoms with Gasteiger partial charge in [-0.3, -0.25) is 24.6 Å². The third kappa shape index (κ3) is 2.59. The number of hydrogen-bond acceptors (Lipinski definition) is 6. The molecule has 8 heteroatoms. The maximum atomic E-state index is 11.3. The number of carbonyl (C=O) groups excluding carboxylic acids is 2. The van der Waals surface area contributed by atoms with Crippen molar-refractivity contribution in [2.24, 2.45) is 0 Å². The lowest BCUT2D eigenvalue weighted by molar-refractivity contribution is -0.384. The first-order chi connectivity index (χ1) is 8.58. The molecule has 94 valence electrons. The van der Waals surface area contributed by atoms with Gasteiger partial charge in [0.1, 0.15) is 0 Å². The Morgan fingerprint density at radius 1 is 1.33 bits per heavy atom.